The van der Waals surface area contributed by atoms with E-state index in [2.05, 4.69) is 14.7 Å². The minimum absolute atomic E-state index is 0.0188. The molecule has 0 aliphatic heterocycles. The van der Waals surface area contributed by atoms with Crippen LogP contribution in [0.4, 0.5) is 0 Å². The number of nitrogens with one attached hydrogen (secondary N) is 2. The highest BCUT2D eigenvalue weighted by Crippen LogP contribution is 2.13. The van der Waals surface area contributed by atoms with Gasteiger partial charge in [0.2, 0.25) is 10.0 Å². The lowest BCUT2D eigenvalue weighted by atomic mass is 10.2. The number of unbranched alkanes of at least 4 members (excludes halogenated alkanes) is 1. The Bertz CT molecular complexity index is 402. The minimum atomic E-state index is -3.31. The molecule has 98 valence electrons. The summed E-state index contributed by atoms with van der Waals surface area (Å²) in [4.78, 5) is 6.95. The van der Waals surface area contributed by atoms with Crippen LogP contribution in [-0.2, 0) is 10.0 Å². The van der Waals surface area contributed by atoms with Gasteiger partial charge in [-0.2, -0.15) is 0 Å². The van der Waals surface area contributed by atoms with Crippen molar-refractivity contribution in [3.8, 4) is 0 Å². The van der Waals surface area contributed by atoms with Crippen molar-refractivity contribution in [3.63, 3.8) is 0 Å². The second kappa shape index (κ2) is 6.73. The summed E-state index contributed by atoms with van der Waals surface area (Å²) in [5.74, 6) is 0.656. The summed E-state index contributed by atoms with van der Waals surface area (Å²) >= 11 is 0. The zero-order valence-corrected chi connectivity index (χ0v) is 10.7. The van der Waals surface area contributed by atoms with E-state index in [1.165, 1.54) is 0 Å². The van der Waals surface area contributed by atoms with Gasteiger partial charge in [0, 0.05) is 19.0 Å². The van der Waals surface area contributed by atoms with Gasteiger partial charge in [0.15, 0.2) is 0 Å². The Morgan fingerprint density at radius 1 is 1.53 bits per heavy atom. The van der Waals surface area contributed by atoms with Crippen LogP contribution in [0.2, 0.25) is 0 Å². The summed E-state index contributed by atoms with van der Waals surface area (Å²) < 4.78 is 26.1. The second-order valence-corrected chi connectivity index (χ2v) is 5.68. The standard InChI is InChI=1S/C10H19N3O3S/c1-2-9(10-11-5-6-12-10)13-17(15,16)8-4-3-7-14/h5-6,9,13-14H,2-4,7-8H2,1H3,(H,11,12). The van der Waals surface area contributed by atoms with Crippen molar-refractivity contribution in [2.75, 3.05) is 12.4 Å². The number of H-pyrrole nitrogens is 1. The molecule has 0 spiro atoms. The lowest BCUT2D eigenvalue weighted by Gasteiger charge is -2.14. The van der Waals surface area contributed by atoms with Crippen molar-refractivity contribution in [1.82, 2.24) is 14.7 Å². The van der Waals surface area contributed by atoms with Crippen LogP contribution in [0, 0.1) is 0 Å². The molecule has 0 saturated carbocycles. The van der Waals surface area contributed by atoms with Gasteiger partial charge in [0.05, 0.1) is 11.8 Å². The fourth-order valence-electron chi connectivity index (χ4n) is 1.48. The Labute approximate surface area is 102 Å². The molecule has 17 heavy (non-hydrogen) atoms. The zero-order valence-electron chi connectivity index (χ0n) is 9.89. The highest BCUT2D eigenvalue weighted by Gasteiger charge is 2.19. The summed E-state index contributed by atoms with van der Waals surface area (Å²) in [6.07, 6.45) is 4.85. The lowest BCUT2D eigenvalue weighted by Crippen LogP contribution is -2.31. The van der Waals surface area contributed by atoms with Gasteiger partial charge >= 0.3 is 0 Å². The Balaban J connectivity index is 2.56. The molecule has 0 radical (unpaired) electrons. The van der Waals surface area contributed by atoms with Crippen LogP contribution in [0.1, 0.15) is 38.1 Å². The van der Waals surface area contributed by atoms with Gasteiger partial charge in [0.1, 0.15) is 5.82 Å². The third-order valence-corrected chi connectivity index (χ3v) is 3.87. The number of aromatic nitrogens is 2. The quantitative estimate of drug-likeness (QED) is 0.596. The topological polar surface area (TPSA) is 95.1 Å². The van der Waals surface area contributed by atoms with Gasteiger partial charge in [-0.1, -0.05) is 6.92 Å². The first-order valence-electron chi connectivity index (χ1n) is 5.69. The molecule has 0 aliphatic carbocycles. The second-order valence-electron chi connectivity index (χ2n) is 3.80. The Kier molecular flexibility index (Phi) is 5.60. The smallest absolute Gasteiger partial charge is 0.212 e. The number of aromatic amines is 1. The highest BCUT2D eigenvalue weighted by molar-refractivity contribution is 7.89. The van der Waals surface area contributed by atoms with Crippen LogP contribution in [0.3, 0.4) is 0 Å². The van der Waals surface area contributed by atoms with Crippen molar-refractivity contribution in [2.45, 2.75) is 32.2 Å². The summed E-state index contributed by atoms with van der Waals surface area (Å²) in [5, 5.41) is 8.61. The number of rotatable bonds is 8. The minimum Gasteiger partial charge on any atom is -0.396 e. The average Bonchev–Trinajstić information content (AvgIpc) is 2.79. The third-order valence-electron chi connectivity index (χ3n) is 2.40. The number of hydrogen-bond donors (Lipinski definition) is 3. The van der Waals surface area contributed by atoms with Crippen molar-refractivity contribution >= 4 is 10.0 Å². The molecule has 6 nitrogen and oxygen atoms in total. The van der Waals surface area contributed by atoms with E-state index in [4.69, 9.17) is 5.11 Å². The van der Waals surface area contributed by atoms with Crippen molar-refractivity contribution < 1.29 is 13.5 Å². The van der Waals surface area contributed by atoms with E-state index in [9.17, 15) is 8.42 Å². The summed E-state index contributed by atoms with van der Waals surface area (Å²) in [5.41, 5.74) is 0. The number of hydrogen-bond acceptors (Lipinski definition) is 4. The molecule has 1 heterocycles. The molecule has 1 atom stereocenters. The predicted octanol–water partition coefficient (Wildman–Crippen LogP) is 0.553. The molecule has 1 aromatic rings. The van der Waals surface area contributed by atoms with Crippen LogP contribution >= 0.6 is 0 Å². The van der Waals surface area contributed by atoms with E-state index in [1.807, 2.05) is 6.92 Å². The third kappa shape index (κ3) is 4.84. The molecule has 1 unspecified atom stereocenters. The molecule has 0 bridgehead atoms. The largest absolute Gasteiger partial charge is 0.396 e. The van der Waals surface area contributed by atoms with Crippen LogP contribution in [0.15, 0.2) is 12.4 Å². The number of nitrogens with zero attached hydrogens (tertiary/aromatic N) is 1. The van der Waals surface area contributed by atoms with E-state index < -0.39 is 10.0 Å². The molecule has 0 aliphatic rings. The molecule has 0 saturated heterocycles. The Hall–Kier alpha value is -0.920. The highest BCUT2D eigenvalue weighted by atomic mass is 32.2. The molecule has 1 rings (SSSR count). The number of imidazole rings is 1. The van der Waals surface area contributed by atoms with Gasteiger partial charge in [-0.05, 0) is 19.3 Å². The maximum absolute atomic E-state index is 11.7. The first kappa shape index (κ1) is 14.1. The van der Waals surface area contributed by atoms with Crippen LogP contribution < -0.4 is 4.72 Å². The van der Waals surface area contributed by atoms with Crippen molar-refractivity contribution in [1.29, 1.82) is 0 Å². The van der Waals surface area contributed by atoms with E-state index in [1.54, 1.807) is 12.4 Å². The van der Waals surface area contributed by atoms with Crippen molar-refractivity contribution in [2.24, 2.45) is 0 Å². The van der Waals surface area contributed by atoms with Gasteiger partial charge in [-0.15, -0.1) is 0 Å². The fraction of sp³-hybridized carbons (Fsp3) is 0.700. The van der Waals surface area contributed by atoms with Gasteiger partial charge < -0.3 is 10.1 Å². The molecular formula is C10H19N3O3S. The molecule has 3 N–H and O–H groups in total. The van der Waals surface area contributed by atoms with E-state index in [0.29, 0.717) is 25.1 Å². The Morgan fingerprint density at radius 2 is 2.29 bits per heavy atom. The maximum Gasteiger partial charge on any atom is 0.212 e. The number of aliphatic hydroxyl groups is 1. The van der Waals surface area contributed by atoms with Crippen LogP contribution in [0.25, 0.3) is 0 Å². The van der Waals surface area contributed by atoms with E-state index >= 15 is 0 Å². The lowest BCUT2D eigenvalue weighted by molar-refractivity contribution is 0.287. The Morgan fingerprint density at radius 3 is 2.82 bits per heavy atom. The summed E-state index contributed by atoms with van der Waals surface area (Å²) in [6.45, 7) is 1.91. The molecule has 1 aromatic heterocycles. The number of aliphatic hydroxyl groups excluding tert-OH is 1. The average molecular weight is 261 g/mol. The van der Waals surface area contributed by atoms with E-state index in [-0.39, 0.29) is 18.4 Å². The van der Waals surface area contributed by atoms with Gasteiger partial charge in [0.25, 0.3) is 0 Å². The molecular weight excluding hydrogens is 242 g/mol. The first-order valence-corrected chi connectivity index (χ1v) is 7.34. The van der Waals surface area contributed by atoms with Crippen LogP contribution in [0.5, 0.6) is 0 Å². The van der Waals surface area contributed by atoms with Crippen molar-refractivity contribution in [3.05, 3.63) is 18.2 Å². The molecule has 0 aromatic carbocycles. The molecule has 0 amide bonds. The predicted molar refractivity (Wildman–Crippen MR) is 64.9 cm³/mol. The van der Waals surface area contributed by atoms with Gasteiger partial charge in [-0.3, -0.25) is 0 Å². The van der Waals surface area contributed by atoms with Crippen LogP contribution in [-0.4, -0.2) is 35.9 Å². The first-order chi connectivity index (χ1) is 8.09. The fourth-order valence-corrected chi connectivity index (χ4v) is 2.89. The van der Waals surface area contributed by atoms with Gasteiger partial charge in [-0.25, -0.2) is 18.1 Å². The monoisotopic (exact) mass is 261 g/mol. The molecule has 0 fully saturated rings. The normalized spacial score (nSPS) is 13.8. The van der Waals surface area contributed by atoms with E-state index in [0.717, 1.165) is 0 Å². The SMILES string of the molecule is CCC(NS(=O)(=O)CCCCO)c1ncc[nH]1. The molecule has 7 heteroatoms. The number of sulfonamides is 1. The zero-order chi connectivity index (χ0) is 12.7. The maximum atomic E-state index is 11.7. The summed E-state index contributed by atoms with van der Waals surface area (Å²) in [6, 6.07) is -0.316. The summed E-state index contributed by atoms with van der Waals surface area (Å²) in [7, 11) is -3.31.